The second-order valence-corrected chi connectivity index (χ2v) is 9.59. The Morgan fingerprint density at radius 3 is 2.26 bits per heavy atom. The fourth-order valence-electron chi connectivity index (χ4n) is 4.40. The number of ether oxygens (including phenoxy) is 1. The second-order valence-electron chi connectivity index (χ2n) is 8.28. The molecule has 2 N–H and O–H groups in total. The Bertz CT molecular complexity index is 1080. The number of carboxylic acid groups (broad SMARTS) is 1. The molecule has 2 aromatic carbocycles. The molecule has 4 rings (SSSR count). The smallest absolute Gasteiger partial charge is 0.407 e. The van der Waals surface area contributed by atoms with Crippen LogP contribution in [0.1, 0.15) is 17.0 Å². The number of carboxylic acids is 1. The number of hydrogen-bond acceptors (Lipinski definition) is 5. The quantitative estimate of drug-likeness (QED) is 0.618. The summed E-state index contributed by atoms with van der Waals surface area (Å²) in [5, 5.41) is 10.2. The van der Waals surface area contributed by atoms with Crippen molar-refractivity contribution in [2.45, 2.75) is 17.3 Å². The minimum Gasteiger partial charge on any atom is -0.480 e. The summed E-state index contributed by atoms with van der Waals surface area (Å²) < 4.78 is 46.2. The van der Waals surface area contributed by atoms with Gasteiger partial charge in [0, 0.05) is 31.3 Å². The SMILES string of the molecule is O=C(NCC(C(=O)N1CCSC(C(=O)O)C1)C(F)(F)F)OCC1c2ccccc2-c2ccccc21. The van der Waals surface area contributed by atoms with Gasteiger partial charge in [0.05, 0.1) is 0 Å². The molecular formula is C24H23F3N2O5S. The molecule has 2 aliphatic rings. The van der Waals surface area contributed by atoms with E-state index in [1.165, 1.54) is 0 Å². The van der Waals surface area contributed by atoms with Crippen LogP contribution in [0, 0.1) is 5.92 Å². The van der Waals surface area contributed by atoms with Gasteiger partial charge in [0.15, 0.2) is 5.92 Å². The number of fused-ring (bicyclic) bond motifs is 3. The lowest BCUT2D eigenvalue weighted by atomic mass is 9.98. The third-order valence-electron chi connectivity index (χ3n) is 6.14. The standard InChI is InChI=1S/C24H23F3N2O5S/c25-24(26,27)19(21(30)29-9-10-35-20(12-29)22(31)32)11-28-23(33)34-13-18-16-7-3-1-5-14(16)15-6-2-4-8-17(15)18/h1-8,18-20H,9-13H2,(H,28,33)(H,31,32). The van der Waals surface area contributed by atoms with Crippen molar-refractivity contribution in [2.75, 3.05) is 32.0 Å². The zero-order valence-corrected chi connectivity index (χ0v) is 19.3. The van der Waals surface area contributed by atoms with Crippen LogP contribution in [0.3, 0.4) is 0 Å². The summed E-state index contributed by atoms with van der Waals surface area (Å²) in [7, 11) is 0. The number of benzene rings is 2. The van der Waals surface area contributed by atoms with Crippen molar-refractivity contribution < 1.29 is 37.4 Å². The number of nitrogens with one attached hydrogen (secondary N) is 1. The Hall–Kier alpha value is -3.21. The van der Waals surface area contributed by atoms with Crippen molar-refractivity contribution in [3.8, 4) is 11.1 Å². The van der Waals surface area contributed by atoms with Gasteiger partial charge in [0.1, 0.15) is 11.9 Å². The Kier molecular flexibility index (Phi) is 7.25. The predicted molar refractivity (Wildman–Crippen MR) is 123 cm³/mol. The van der Waals surface area contributed by atoms with Crippen LogP contribution in [0.5, 0.6) is 0 Å². The zero-order valence-electron chi connectivity index (χ0n) is 18.5. The highest BCUT2D eigenvalue weighted by atomic mass is 32.2. The fraction of sp³-hybridized carbons (Fsp3) is 0.375. The second kappa shape index (κ2) is 10.2. The molecule has 0 radical (unpaired) electrons. The highest BCUT2D eigenvalue weighted by Crippen LogP contribution is 2.44. The number of alkyl carbamates (subject to hydrolysis) is 1. The van der Waals surface area contributed by atoms with Gasteiger partial charge in [-0.2, -0.15) is 13.2 Å². The summed E-state index contributed by atoms with van der Waals surface area (Å²) in [6.45, 7) is -1.39. The van der Waals surface area contributed by atoms with E-state index in [0.29, 0.717) is 0 Å². The van der Waals surface area contributed by atoms with E-state index in [1.54, 1.807) is 0 Å². The number of carbonyl (C=O) groups excluding carboxylic acids is 2. The Labute approximate surface area is 203 Å². The molecular weight excluding hydrogens is 485 g/mol. The molecule has 1 heterocycles. The number of alkyl halides is 3. The molecule has 1 aliphatic heterocycles. The monoisotopic (exact) mass is 508 g/mol. The summed E-state index contributed by atoms with van der Waals surface area (Å²) in [4.78, 5) is 36.9. The van der Waals surface area contributed by atoms with E-state index in [1.807, 2.05) is 48.5 Å². The number of amides is 2. The first-order valence-corrected chi connectivity index (χ1v) is 12.0. The van der Waals surface area contributed by atoms with Gasteiger partial charge < -0.3 is 20.1 Å². The maximum absolute atomic E-state index is 13.6. The molecule has 2 amide bonds. The highest BCUT2D eigenvalue weighted by molar-refractivity contribution is 8.00. The molecule has 0 spiro atoms. The van der Waals surface area contributed by atoms with Gasteiger partial charge in [-0.3, -0.25) is 9.59 Å². The van der Waals surface area contributed by atoms with Gasteiger partial charge in [-0.25, -0.2) is 4.79 Å². The topological polar surface area (TPSA) is 95.9 Å². The summed E-state index contributed by atoms with van der Waals surface area (Å²) in [5.41, 5.74) is 3.94. The summed E-state index contributed by atoms with van der Waals surface area (Å²) >= 11 is 1.07. The van der Waals surface area contributed by atoms with Crippen LogP contribution in [0.4, 0.5) is 18.0 Å². The maximum Gasteiger partial charge on any atom is 0.407 e. The number of aliphatic carboxylic acids is 1. The van der Waals surface area contributed by atoms with Crippen molar-refractivity contribution in [1.29, 1.82) is 0 Å². The minimum absolute atomic E-state index is 0.00477. The van der Waals surface area contributed by atoms with Gasteiger partial charge in [0.25, 0.3) is 0 Å². The van der Waals surface area contributed by atoms with Crippen molar-refractivity contribution >= 4 is 29.7 Å². The first-order chi connectivity index (χ1) is 16.7. The van der Waals surface area contributed by atoms with E-state index in [0.717, 1.165) is 38.9 Å². The molecule has 186 valence electrons. The number of rotatable bonds is 6. The van der Waals surface area contributed by atoms with E-state index in [2.05, 4.69) is 5.32 Å². The molecule has 11 heteroatoms. The Balaban J connectivity index is 1.38. The molecule has 35 heavy (non-hydrogen) atoms. The molecule has 1 fully saturated rings. The predicted octanol–water partition coefficient (Wildman–Crippen LogP) is 3.73. The summed E-state index contributed by atoms with van der Waals surface area (Å²) in [5.74, 6) is -4.99. The van der Waals surface area contributed by atoms with E-state index in [-0.39, 0.29) is 31.4 Å². The van der Waals surface area contributed by atoms with Crippen LogP contribution in [0.25, 0.3) is 11.1 Å². The van der Waals surface area contributed by atoms with Crippen LogP contribution in [-0.4, -0.2) is 71.4 Å². The third kappa shape index (κ3) is 5.39. The van der Waals surface area contributed by atoms with Crippen molar-refractivity contribution in [3.63, 3.8) is 0 Å². The van der Waals surface area contributed by atoms with Gasteiger partial charge in [0.2, 0.25) is 5.91 Å². The van der Waals surface area contributed by atoms with E-state index in [4.69, 9.17) is 9.84 Å². The molecule has 1 saturated heterocycles. The molecule has 7 nitrogen and oxygen atoms in total. The van der Waals surface area contributed by atoms with E-state index < -0.39 is 41.9 Å². The molecule has 0 bridgehead atoms. The molecule has 2 aromatic rings. The average molecular weight is 509 g/mol. The van der Waals surface area contributed by atoms with Crippen molar-refractivity contribution in [1.82, 2.24) is 10.2 Å². The number of carbonyl (C=O) groups is 3. The van der Waals surface area contributed by atoms with Crippen LogP contribution in [-0.2, 0) is 14.3 Å². The first kappa shape index (κ1) is 24.9. The summed E-state index contributed by atoms with van der Waals surface area (Å²) in [6, 6.07) is 15.3. The number of thioether (sulfide) groups is 1. The van der Waals surface area contributed by atoms with Crippen LogP contribution < -0.4 is 5.32 Å². The fourth-order valence-corrected chi connectivity index (χ4v) is 5.44. The zero-order chi connectivity index (χ0) is 25.2. The lowest BCUT2D eigenvalue weighted by Gasteiger charge is -2.33. The molecule has 0 saturated carbocycles. The molecule has 2 atom stereocenters. The Morgan fingerprint density at radius 2 is 1.69 bits per heavy atom. The van der Waals surface area contributed by atoms with Crippen LogP contribution in [0.15, 0.2) is 48.5 Å². The van der Waals surface area contributed by atoms with E-state index >= 15 is 0 Å². The average Bonchev–Trinajstić information content (AvgIpc) is 3.15. The van der Waals surface area contributed by atoms with Gasteiger partial charge in [-0.15, -0.1) is 11.8 Å². The molecule has 1 aliphatic carbocycles. The minimum atomic E-state index is -4.92. The van der Waals surface area contributed by atoms with Crippen LogP contribution >= 0.6 is 11.8 Å². The van der Waals surface area contributed by atoms with Crippen molar-refractivity contribution in [3.05, 3.63) is 59.7 Å². The van der Waals surface area contributed by atoms with Gasteiger partial charge >= 0.3 is 18.2 Å². The number of hydrogen-bond donors (Lipinski definition) is 2. The summed E-state index contributed by atoms with van der Waals surface area (Å²) in [6.07, 6.45) is -5.98. The van der Waals surface area contributed by atoms with E-state index in [9.17, 15) is 27.6 Å². The number of nitrogens with zero attached hydrogens (tertiary/aromatic N) is 1. The lowest BCUT2D eigenvalue weighted by Crippen LogP contribution is -2.52. The normalized spacial score (nSPS) is 18.4. The maximum atomic E-state index is 13.6. The number of halogens is 3. The Morgan fingerprint density at radius 1 is 1.09 bits per heavy atom. The van der Waals surface area contributed by atoms with Gasteiger partial charge in [-0.1, -0.05) is 48.5 Å². The third-order valence-corrected chi connectivity index (χ3v) is 7.31. The largest absolute Gasteiger partial charge is 0.480 e. The molecule has 0 aromatic heterocycles. The highest BCUT2D eigenvalue weighted by Gasteiger charge is 2.47. The van der Waals surface area contributed by atoms with Crippen LogP contribution in [0.2, 0.25) is 0 Å². The first-order valence-electron chi connectivity index (χ1n) is 11.0. The molecule has 2 unspecified atom stereocenters. The lowest BCUT2D eigenvalue weighted by molar-refractivity contribution is -0.187. The van der Waals surface area contributed by atoms with Gasteiger partial charge in [-0.05, 0) is 22.3 Å². The van der Waals surface area contributed by atoms with Crippen molar-refractivity contribution in [2.24, 2.45) is 5.92 Å².